The Balaban J connectivity index is 0.815. The maximum Gasteiger partial charge on any atom is 0.303 e. The van der Waals surface area contributed by atoms with Crippen molar-refractivity contribution in [3.05, 3.63) is 104 Å². The first-order chi connectivity index (χ1) is 56.9. The van der Waals surface area contributed by atoms with E-state index < -0.39 is 5.97 Å². The third-order valence-corrected chi connectivity index (χ3v) is 17.3. The lowest BCUT2D eigenvalue weighted by molar-refractivity contribution is -0.137. The molecule has 0 spiro atoms. The molecule has 2 aliphatic rings. The number of hydrogen-bond donors (Lipinski definition) is 6. The quantitative estimate of drug-likeness (QED) is 0.0493. The number of aromatic amines is 2. The minimum atomic E-state index is -0.926. The highest BCUT2D eigenvalue weighted by molar-refractivity contribution is 6.04. The summed E-state index contributed by atoms with van der Waals surface area (Å²) in [6.45, 7) is 37.4. The Hall–Kier alpha value is -6.08. The maximum absolute atomic E-state index is 13.2. The average Bonchev–Trinajstić information content (AvgIpc) is 1.63. The predicted molar refractivity (Wildman–Crippen MR) is 430 cm³/mol. The SMILES string of the molecule is C=CC1=C(C)/C(=C/c2[nH]c(Cc3[nH]c(/C=C4\NC(=O)C(C=C)=C4C)c(C)c3CCC(=O)NCCOCCOCCOCCOCCOCCOCCOCCOCCOCCOCCOCCOCCOCCOCCOCCOCCOCCOCCOCCOCCOCCOCCOCCOC)c(CCC(=O)O)c2C)NC1=O. The van der Waals surface area contributed by atoms with Crippen molar-refractivity contribution < 1.29 is 138 Å². The van der Waals surface area contributed by atoms with Crippen LogP contribution in [0.4, 0.5) is 0 Å². The molecule has 662 valence electrons. The smallest absolute Gasteiger partial charge is 0.303 e. The number of nitrogens with one attached hydrogen (secondary N) is 5. The van der Waals surface area contributed by atoms with Crippen LogP contribution in [0, 0.1) is 13.8 Å². The molecule has 0 radical (unpaired) electrons. The summed E-state index contributed by atoms with van der Waals surface area (Å²) in [6.07, 6.45) is 7.93. The van der Waals surface area contributed by atoms with Crippen molar-refractivity contribution in [1.82, 2.24) is 25.9 Å². The van der Waals surface area contributed by atoms with Crippen LogP contribution in [0.25, 0.3) is 12.2 Å². The number of carbonyl (C=O) groups excluding carboxylic acids is 3. The van der Waals surface area contributed by atoms with E-state index in [4.69, 9.17) is 114 Å². The van der Waals surface area contributed by atoms with E-state index in [2.05, 4.69) is 39.1 Å². The Morgan fingerprint density at radius 2 is 0.552 bits per heavy atom. The van der Waals surface area contributed by atoms with Crippen LogP contribution < -0.4 is 16.0 Å². The van der Waals surface area contributed by atoms with Gasteiger partial charge in [-0.3, -0.25) is 19.2 Å². The summed E-state index contributed by atoms with van der Waals surface area (Å²) in [4.78, 5) is 57.5. The number of methoxy groups -OCH3 is 1. The molecule has 3 amide bonds. The van der Waals surface area contributed by atoms with Crippen molar-refractivity contribution in [2.45, 2.75) is 59.8 Å². The topological polar surface area (TPSA) is 378 Å². The molecule has 2 aromatic rings. The molecule has 2 aromatic heterocycles. The summed E-state index contributed by atoms with van der Waals surface area (Å²) >= 11 is 0. The minimum absolute atomic E-state index is 0.0839. The second-order valence-corrected chi connectivity index (χ2v) is 25.7. The van der Waals surface area contributed by atoms with E-state index in [0.29, 0.717) is 352 Å². The Morgan fingerprint density at radius 1 is 0.336 bits per heavy atom. The molecule has 6 N–H and O–H groups in total. The molecule has 116 heavy (non-hydrogen) atoms. The van der Waals surface area contributed by atoms with Crippen LogP contribution in [-0.2, 0) is 152 Å². The summed E-state index contributed by atoms with van der Waals surface area (Å²) in [7, 11) is 1.64. The molecule has 34 nitrogen and oxygen atoms in total. The van der Waals surface area contributed by atoms with E-state index in [-0.39, 0.29) is 37.0 Å². The first kappa shape index (κ1) is 102. The molecule has 2 aliphatic heterocycles. The third kappa shape index (κ3) is 49.5. The van der Waals surface area contributed by atoms with Gasteiger partial charge in [-0.2, -0.15) is 0 Å². The van der Waals surface area contributed by atoms with Gasteiger partial charge in [-0.05, 0) is 86.1 Å². The van der Waals surface area contributed by atoms with Gasteiger partial charge in [0.2, 0.25) is 5.91 Å². The highest BCUT2D eigenvalue weighted by atomic mass is 16.6. The maximum atomic E-state index is 13.2. The molecule has 34 heteroatoms. The van der Waals surface area contributed by atoms with Gasteiger partial charge in [-0.25, -0.2) is 0 Å². The lowest BCUT2D eigenvalue weighted by Gasteiger charge is -2.10. The second-order valence-electron chi connectivity index (χ2n) is 25.7. The third-order valence-electron chi connectivity index (χ3n) is 17.3. The number of rotatable bonds is 84. The fraction of sp³-hybridized carbons (Fsp3) is 0.707. The van der Waals surface area contributed by atoms with Crippen LogP contribution in [0.3, 0.4) is 0 Å². The average molecular weight is 1650 g/mol. The number of hydrogen-bond acceptors (Lipinski definition) is 28. The number of carboxylic acids is 1. The molecule has 0 aromatic carbocycles. The van der Waals surface area contributed by atoms with Crippen LogP contribution >= 0.6 is 0 Å². The lowest BCUT2D eigenvalue weighted by atomic mass is 9.98. The zero-order chi connectivity index (χ0) is 83.2. The van der Waals surface area contributed by atoms with Gasteiger partial charge in [0, 0.05) is 78.2 Å². The van der Waals surface area contributed by atoms with Crippen LogP contribution in [0.15, 0.2) is 59.0 Å². The number of aromatic nitrogens is 2. The fourth-order valence-corrected chi connectivity index (χ4v) is 11.1. The standard InChI is InChI=1S/C82H135N5O29/c1-8-69-65(3)75(86-81(69)91)62-73-67(5)71(77(84-73)64-78-72(11-13-80(89)90)68(6)74(85-78)63-76-66(4)70(9-2)82(92)87-76)10-12-79(88)83-14-15-94-18-19-96-22-23-98-26-27-100-30-31-102-34-35-104-38-39-106-42-43-108-46-47-110-50-51-112-54-55-114-58-59-116-61-60-115-57-56-113-53-52-111-49-48-109-45-44-107-41-40-105-37-36-103-33-32-101-29-28-99-25-24-97-21-20-95-17-16-93-7/h8-9,62-63,84-85H,1-2,10-61,64H2,3-7H3,(H,83,88)(H,86,91)(H,87,92)(H,89,90)/b75-62-,76-63-. The number of carbonyl (C=O) groups is 4. The van der Waals surface area contributed by atoms with Crippen molar-refractivity contribution >= 4 is 35.8 Å². The van der Waals surface area contributed by atoms with Crippen molar-refractivity contribution in [2.24, 2.45) is 0 Å². The highest BCUT2D eigenvalue weighted by Crippen LogP contribution is 2.32. The van der Waals surface area contributed by atoms with Crippen molar-refractivity contribution in [3.8, 4) is 0 Å². The molecular weight excluding hydrogens is 1520 g/mol. The molecule has 0 saturated carbocycles. The van der Waals surface area contributed by atoms with Crippen LogP contribution in [0.1, 0.15) is 71.7 Å². The largest absolute Gasteiger partial charge is 0.481 e. The van der Waals surface area contributed by atoms with Crippen LogP contribution in [-0.4, -0.2) is 363 Å². The predicted octanol–water partition coefficient (Wildman–Crippen LogP) is 4.59. The molecule has 0 fully saturated rings. The number of amides is 3. The van der Waals surface area contributed by atoms with Gasteiger partial charge in [0.1, 0.15) is 0 Å². The zero-order valence-electron chi connectivity index (χ0n) is 69.6. The zero-order valence-corrected chi connectivity index (χ0v) is 69.6. The van der Waals surface area contributed by atoms with E-state index >= 15 is 0 Å². The Bertz CT molecular complexity index is 3060. The van der Waals surface area contributed by atoms with Crippen molar-refractivity contribution in [3.63, 3.8) is 0 Å². The van der Waals surface area contributed by atoms with E-state index in [1.807, 2.05) is 39.8 Å². The number of H-pyrrole nitrogens is 2. The highest BCUT2D eigenvalue weighted by Gasteiger charge is 2.26. The number of ether oxygens (including phenoxy) is 24. The van der Waals surface area contributed by atoms with Crippen molar-refractivity contribution in [2.75, 3.05) is 324 Å². The Morgan fingerprint density at radius 3 is 0.759 bits per heavy atom. The summed E-state index contributed by atoms with van der Waals surface area (Å²) < 4.78 is 132. The Kier molecular flexibility index (Phi) is 62.4. The van der Waals surface area contributed by atoms with E-state index in [0.717, 1.165) is 56.2 Å². The Labute approximate surface area is 685 Å². The van der Waals surface area contributed by atoms with Gasteiger partial charge >= 0.3 is 5.97 Å². The monoisotopic (exact) mass is 1650 g/mol. The molecule has 0 aliphatic carbocycles. The molecule has 4 rings (SSSR count). The van der Waals surface area contributed by atoms with Gasteiger partial charge in [-0.15, -0.1) is 0 Å². The molecule has 0 saturated heterocycles. The van der Waals surface area contributed by atoms with Crippen LogP contribution in [0.2, 0.25) is 0 Å². The molecular formula is C82H135N5O29. The van der Waals surface area contributed by atoms with Gasteiger partial charge in [0.05, 0.1) is 311 Å². The molecule has 0 unspecified atom stereocenters. The van der Waals surface area contributed by atoms with Gasteiger partial charge < -0.3 is 145 Å². The van der Waals surface area contributed by atoms with Crippen LogP contribution in [0.5, 0.6) is 0 Å². The number of allylic oxidation sites excluding steroid dienone is 2. The summed E-state index contributed by atoms with van der Waals surface area (Å²) in [5.41, 5.74) is 10.4. The van der Waals surface area contributed by atoms with Gasteiger partial charge in [0.25, 0.3) is 11.8 Å². The van der Waals surface area contributed by atoms with Gasteiger partial charge in [-0.1, -0.05) is 25.3 Å². The van der Waals surface area contributed by atoms with E-state index in [1.54, 1.807) is 7.11 Å². The first-order valence-electron chi connectivity index (χ1n) is 40.3. The minimum Gasteiger partial charge on any atom is -0.481 e. The molecule has 0 atom stereocenters. The summed E-state index contributed by atoms with van der Waals surface area (Å²) in [5.74, 6) is -1.55. The van der Waals surface area contributed by atoms with Gasteiger partial charge in [0.15, 0.2) is 0 Å². The normalized spacial score (nSPS) is 13.8. The number of carboxylic acid groups (broad SMARTS) is 1. The van der Waals surface area contributed by atoms with E-state index in [9.17, 15) is 24.3 Å². The van der Waals surface area contributed by atoms with Crippen molar-refractivity contribution in [1.29, 1.82) is 0 Å². The lowest BCUT2D eigenvalue weighted by Crippen LogP contribution is -2.28. The second kappa shape index (κ2) is 70.7. The fourth-order valence-electron chi connectivity index (χ4n) is 11.1. The first-order valence-corrected chi connectivity index (χ1v) is 40.3. The summed E-state index contributed by atoms with van der Waals surface area (Å²) in [5, 5.41) is 18.5. The molecule has 4 heterocycles. The summed E-state index contributed by atoms with van der Waals surface area (Å²) in [6, 6.07) is 0. The van der Waals surface area contributed by atoms with E-state index in [1.165, 1.54) is 12.2 Å². The number of aliphatic carboxylic acids is 1. The molecule has 0 bridgehead atoms.